The van der Waals surface area contributed by atoms with Crippen molar-refractivity contribution in [2.75, 3.05) is 29.5 Å². The number of fused-ring (bicyclic) bond motifs is 1. The number of nitrogens with one attached hydrogen (secondary N) is 1. The summed E-state index contributed by atoms with van der Waals surface area (Å²) < 4.78 is 0. The first kappa shape index (κ1) is 12.5. The highest BCUT2D eigenvalue weighted by Crippen LogP contribution is 2.29. The van der Waals surface area contributed by atoms with E-state index in [2.05, 4.69) is 27.5 Å². The first-order chi connectivity index (χ1) is 9.61. The van der Waals surface area contributed by atoms with Gasteiger partial charge in [-0.1, -0.05) is 0 Å². The van der Waals surface area contributed by atoms with Gasteiger partial charge in [0, 0.05) is 25.0 Å². The third-order valence-electron chi connectivity index (χ3n) is 3.33. The van der Waals surface area contributed by atoms with Gasteiger partial charge in [0.2, 0.25) is 5.91 Å². The Bertz CT molecular complexity index is 650. The van der Waals surface area contributed by atoms with Gasteiger partial charge in [-0.05, 0) is 30.2 Å². The monoisotopic (exact) mass is 272 g/mol. The van der Waals surface area contributed by atoms with E-state index in [1.165, 1.54) is 22.2 Å². The second-order valence-electron chi connectivity index (χ2n) is 4.86. The molecule has 7 nitrogen and oxygen atoms in total. The van der Waals surface area contributed by atoms with Crippen LogP contribution in [0.5, 0.6) is 0 Å². The standard InChI is InChI=1S/C13H16N6O/c1-18-5-4-9-6-10(2-3-11(9)18)16-13(20)8-19-15-7-12(14)17-19/h2-3,6-7H,4-5,8H2,1H3,(H2,14,17)(H,16,20). The minimum absolute atomic E-state index is 0.0498. The average molecular weight is 272 g/mol. The lowest BCUT2D eigenvalue weighted by atomic mass is 10.1. The Morgan fingerprint density at radius 2 is 2.35 bits per heavy atom. The van der Waals surface area contributed by atoms with Crippen LogP contribution in [0.1, 0.15) is 5.56 Å². The Kier molecular flexibility index (Phi) is 3.02. The van der Waals surface area contributed by atoms with Gasteiger partial charge < -0.3 is 16.0 Å². The summed E-state index contributed by atoms with van der Waals surface area (Å²) in [6.07, 6.45) is 2.42. The molecule has 0 fully saturated rings. The lowest BCUT2D eigenvalue weighted by Crippen LogP contribution is -2.20. The third-order valence-corrected chi connectivity index (χ3v) is 3.33. The van der Waals surface area contributed by atoms with Crippen molar-refractivity contribution in [2.24, 2.45) is 0 Å². The van der Waals surface area contributed by atoms with Crippen molar-refractivity contribution in [3.05, 3.63) is 30.0 Å². The van der Waals surface area contributed by atoms with Gasteiger partial charge in [0.15, 0.2) is 5.82 Å². The number of nitrogens with two attached hydrogens (primary N) is 1. The van der Waals surface area contributed by atoms with Crippen LogP contribution >= 0.6 is 0 Å². The van der Waals surface area contributed by atoms with Crippen molar-refractivity contribution in [3.8, 4) is 0 Å². The minimum atomic E-state index is -0.174. The van der Waals surface area contributed by atoms with Crippen LogP contribution in [0.25, 0.3) is 0 Å². The van der Waals surface area contributed by atoms with Gasteiger partial charge in [-0.3, -0.25) is 4.79 Å². The lowest BCUT2D eigenvalue weighted by molar-refractivity contribution is -0.117. The highest BCUT2D eigenvalue weighted by Gasteiger charge is 2.16. The Morgan fingerprint density at radius 1 is 1.50 bits per heavy atom. The Morgan fingerprint density at radius 3 is 3.10 bits per heavy atom. The quantitative estimate of drug-likeness (QED) is 0.849. The number of rotatable bonds is 3. The number of amides is 1. The Balaban J connectivity index is 1.67. The number of carbonyl (C=O) groups is 1. The summed E-state index contributed by atoms with van der Waals surface area (Å²) in [6.45, 7) is 1.07. The number of benzene rings is 1. The molecule has 3 N–H and O–H groups in total. The molecule has 0 radical (unpaired) electrons. The molecule has 1 amide bonds. The SMILES string of the molecule is CN1CCc2cc(NC(=O)Cn3ncc(N)n3)ccc21. The van der Waals surface area contributed by atoms with E-state index in [4.69, 9.17) is 5.73 Å². The molecule has 0 saturated heterocycles. The fraction of sp³-hybridized carbons (Fsp3) is 0.308. The summed E-state index contributed by atoms with van der Waals surface area (Å²) in [4.78, 5) is 15.4. The third kappa shape index (κ3) is 2.42. The van der Waals surface area contributed by atoms with Crippen LogP contribution in [-0.4, -0.2) is 34.5 Å². The number of nitrogen functional groups attached to an aromatic ring is 1. The van der Waals surface area contributed by atoms with Gasteiger partial charge in [0.1, 0.15) is 6.54 Å². The molecule has 1 aliphatic heterocycles. The van der Waals surface area contributed by atoms with Crippen molar-refractivity contribution in [3.63, 3.8) is 0 Å². The van der Waals surface area contributed by atoms with Crippen LogP contribution in [0.4, 0.5) is 17.2 Å². The first-order valence-corrected chi connectivity index (χ1v) is 6.41. The molecule has 2 aromatic rings. The van der Waals surface area contributed by atoms with E-state index in [9.17, 15) is 4.79 Å². The second kappa shape index (κ2) is 4.84. The molecule has 104 valence electrons. The molecule has 3 rings (SSSR count). The van der Waals surface area contributed by atoms with Crippen molar-refractivity contribution in [1.82, 2.24) is 15.0 Å². The summed E-state index contributed by atoms with van der Waals surface area (Å²) in [5.74, 6) is 0.130. The highest BCUT2D eigenvalue weighted by molar-refractivity contribution is 5.91. The van der Waals surface area contributed by atoms with E-state index in [-0.39, 0.29) is 12.5 Å². The van der Waals surface area contributed by atoms with Gasteiger partial charge in [0.25, 0.3) is 0 Å². The molecule has 7 heteroatoms. The fourth-order valence-electron chi connectivity index (χ4n) is 2.36. The van der Waals surface area contributed by atoms with Gasteiger partial charge in [-0.2, -0.15) is 9.90 Å². The number of nitrogens with zero attached hydrogens (tertiary/aromatic N) is 4. The maximum absolute atomic E-state index is 11.9. The molecule has 1 aliphatic rings. The summed E-state index contributed by atoms with van der Waals surface area (Å²) >= 11 is 0. The molecule has 0 saturated carbocycles. The molecule has 0 spiro atoms. The number of anilines is 3. The van der Waals surface area contributed by atoms with Gasteiger partial charge in [-0.25, -0.2) is 0 Å². The van der Waals surface area contributed by atoms with Crippen LogP contribution in [0.2, 0.25) is 0 Å². The Labute approximate surface area is 116 Å². The zero-order valence-corrected chi connectivity index (χ0v) is 11.2. The van der Waals surface area contributed by atoms with Gasteiger partial charge in [0.05, 0.1) is 6.20 Å². The summed E-state index contributed by atoms with van der Waals surface area (Å²) in [5, 5.41) is 10.6. The van der Waals surface area contributed by atoms with E-state index in [1.54, 1.807) is 0 Å². The molecule has 0 atom stereocenters. The molecule has 1 aromatic carbocycles. The molecule has 0 unspecified atom stereocenters. The summed E-state index contributed by atoms with van der Waals surface area (Å²) in [5.41, 5.74) is 8.73. The van der Waals surface area contributed by atoms with Crippen molar-refractivity contribution in [2.45, 2.75) is 13.0 Å². The molecular formula is C13H16N6O. The van der Waals surface area contributed by atoms with Crippen LogP contribution in [-0.2, 0) is 17.8 Å². The highest BCUT2D eigenvalue weighted by atomic mass is 16.2. The van der Waals surface area contributed by atoms with E-state index in [1.807, 2.05) is 18.2 Å². The predicted octanol–water partition coefficient (Wildman–Crippen LogP) is 0.491. The maximum Gasteiger partial charge on any atom is 0.247 e. The molecule has 20 heavy (non-hydrogen) atoms. The average Bonchev–Trinajstić information content (AvgIpc) is 2.96. The van der Waals surface area contributed by atoms with Crippen molar-refractivity contribution < 1.29 is 4.79 Å². The van der Waals surface area contributed by atoms with E-state index >= 15 is 0 Å². The van der Waals surface area contributed by atoms with Crippen LogP contribution in [0.3, 0.4) is 0 Å². The van der Waals surface area contributed by atoms with Crippen molar-refractivity contribution in [1.29, 1.82) is 0 Å². The van der Waals surface area contributed by atoms with Crippen molar-refractivity contribution >= 4 is 23.1 Å². The zero-order chi connectivity index (χ0) is 14.1. The molecule has 1 aromatic heterocycles. The number of hydrogen-bond donors (Lipinski definition) is 2. The number of aromatic nitrogens is 3. The first-order valence-electron chi connectivity index (χ1n) is 6.41. The number of likely N-dealkylation sites (N-methyl/N-ethyl adjacent to an activating group) is 1. The van der Waals surface area contributed by atoms with E-state index in [0.717, 1.165) is 18.7 Å². The van der Waals surface area contributed by atoms with E-state index in [0.29, 0.717) is 5.82 Å². The fourth-order valence-corrected chi connectivity index (χ4v) is 2.36. The number of hydrogen-bond acceptors (Lipinski definition) is 5. The molecule has 0 bridgehead atoms. The topological polar surface area (TPSA) is 89.1 Å². The van der Waals surface area contributed by atoms with Crippen LogP contribution in [0, 0.1) is 0 Å². The Hall–Kier alpha value is -2.57. The van der Waals surface area contributed by atoms with Crippen LogP contribution in [0.15, 0.2) is 24.4 Å². The normalized spacial score (nSPS) is 13.3. The van der Waals surface area contributed by atoms with E-state index < -0.39 is 0 Å². The summed E-state index contributed by atoms with van der Waals surface area (Å²) in [7, 11) is 2.07. The zero-order valence-electron chi connectivity index (χ0n) is 11.2. The second-order valence-corrected chi connectivity index (χ2v) is 4.86. The maximum atomic E-state index is 11.9. The predicted molar refractivity (Wildman–Crippen MR) is 76.5 cm³/mol. The lowest BCUT2D eigenvalue weighted by Gasteiger charge is -2.12. The molecule has 0 aliphatic carbocycles. The smallest absolute Gasteiger partial charge is 0.247 e. The number of carbonyl (C=O) groups excluding carboxylic acids is 1. The molecular weight excluding hydrogens is 256 g/mol. The summed E-state index contributed by atoms with van der Waals surface area (Å²) in [6, 6.07) is 5.95. The minimum Gasteiger partial charge on any atom is -0.381 e. The molecule has 2 heterocycles. The largest absolute Gasteiger partial charge is 0.381 e. The van der Waals surface area contributed by atoms with Crippen LogP contribution < -0.4 is 16.0 Å². The van der Waals surface area contributed by atoms with Gasteiger partial charge in [-0.15, -0.1) is 5.10 Å². The van der Waals surface area contributed by atoms with Gasteiger partial charge >= 0.3 is 0 Å².